The van der Waals surface area contributed by atoms with Gasteiger partial charge in [0.15, 0.2) is 5.69 Å². The Bertz CT molecular complexity index is 958. The molecule has 1 N–H and O–H groups in total. The monoisotopic (exact) mass is 389 g/mol. The first-order valence-corrected chi connectivity index (χ1v) is 10.5. The van der Waals surface area contributed by atoms with Gasteiger partial charge in [-0.1, -0.05) is 50.0 Å². The van der Waals surface area contributed by atoms with Crippen molar-refractivity contribution in [2.45, 2.75) is 57.9 Å². The van der Waals surface area contributed by atoms with Gasteiger partial charge in [0.25, 0.3) is 5.91 Å². The van der Waals surface area contributed by atoms with Gasteiger partial charge in [-0.25, -0.2) is 4.68 Å². The third kappa shape index (κ3) is 4.36. The molecular weight excluding hydrogens is 362 g/mol. The molecule has 0 spiro atoms. The zero-order chi connectivity index (χ0) is 20.1. The van der Waals surface area contributed by atoms with Gasteiger partial charge in [0.2, 0.25) is 0 Å². The van der Waals surface area contributed by atoms with Gasteiger partial charge in [0, 0.05) is 24.0 Å². The smallest absolute Gasteiger partial charge is 0.274 e. The number of amides is 1. The summed E-state index contributed by atoms with van der Waals surface area (Å²) in [6, 6.07) is 12.2. The standard InChI is InChI=1S/C23H27N5O/c1-2-17-8-7-11-20(16-17)28-22(18-12-14-24-15-13-18)21(26-27-28)23(29)25-19-9-5-3-4-6-10-19/h7-8,11-16,19H,2-6,9-10H2,1H3,(H,25,29). The molecule has 4 rings (SSSR count). The van der Waals surface area contributed by atoms with Gasteiger partial charge in [-0.05, 0) is 49.1 Å². The minimum Gasteiger partial charge on any atom is -0.348 e. The van der Waals surface area contributed by atoms with Crippen molar-refractivity contribution in [3.63, 3.8) is 0 Å². The summed E-state index contributed by atoms with van der Waals surface area (Å²) in [6.07, 6.45) is 11.3. The molecule has 0 aliphatic heterocycles. The normalized spacial score (nSPS) is 15.1. The van der Waals surface area contributed by atoms with Crippen LogP contribution >= 0.6 is 0 Å². The molecule has 3 aromatic rings. The van der Waals surface area contributed by atoms with Crippen molar-refractivity contribution in [3.05, 3.63) is 60.0 Å². The maximum Gasteiger partial charge on any atom is 0.274 e. The molecule has 0 saturated heterocycles. The lowest BCUT2D eigenvalue weighted by atomic mass is 10.1. The number of aromatic nitrogens is 4. The number of benzene rings is 1. The van der Waals surface area contributed by atoms with Gasteiger partial charge in [-0.2, -0.15) is 0 Å². The van der Waals surface area contributed by atoms with E-state index in [9.17, 15) is 4.79 Å². The second-order valence-corrected chi connectivity index (χ2v) is 7.62. The van der Waals surface area contributed by atoms with Gasteiger partial charge >= 0.3 is 0 Å². The van der Waals surface area contributed by atoms with Crippen LogP contribution in [0.1, 0.15) is 61.5 Å². The van der Waals surface area contributed by atoms with E-state index in [0.717, 1.165) is 30.5 Å². The molecule has 6 heteroatoms. The van der Waals surface area contributed by atoms with Crippen LogP contribution in [0.2, 0.25) is 0 Å². The van der Waals surface area contributed by atoms with Gasteiger partial charge < -0.3 is 5.32 Å². The van der Waals surface area contributed by atoms with E-state index >= 15 is 0 Å². The maximum atomic E-state index is 13.1. The first-order chi connectivity index (χ1) is 14.3. The molecule has 1 aliphatic rings. The second kappa shape index (κ2) is 8.99. The number of nitrogens with zero attached hydrogens (tertiary/aromatic N) is 4. The van der Waals surface area contributed by atoms with Crippen molar-refractivity contribution in [1.29, 1.82) is 0 Å². The van der Waals surface area contributed by atoms with Gasteiger partial charge in [-0.3, -0.25) is 9.78 Å². The fourth-order valence-electron chi connectivity index (χ4n) is 3.97. The van der Waals surface area contributed by atoms with Crippen molar-refractivity contribution in [2.75, 3.05) is 0 Å². The zero-order valence-electron chi connectivity index (χ0n) is 16.8. The molecule has 0 radical (unpaired) electrons. The Balaban J connectivity index is 1.72. The first kappa shape index (κ1) is 19.3. The molecule has 2 heterocycles. The molecule has 1 aliphatic carbocycles. The van der Waals surface area contributed by atoms with E-state index in [1.54, 1.807) is 17.1 Å². The van der Waals surface area contributed by atoms with Crippen LogP contribution in [0.4, 0.5) is 0 Å². The van der Waals surface area contributed by atoms with Crippen molar-refractivity contribution in [1.82, 2.24) is 25.3 Å². The lowest BCUT2D eigenvalue weighted by molar-refractivity contribution is 0.0929. The Labute approximate surface area is 171 Å². The topological polar surface area (TPSA) is 72.7 Å². The van der Waals surface area contributed by atoms with Crippen LogP contribution in [0, 0.1) is 0 Å². The molecule has 0 bridgehead atoms. The van der Waals surface area contributed by atoms with E-state index in [-0.39, 0.29) is 11.9 Å². The minimum absolute atomic E-state index is 0.151. The number of carbonyl (C=O) groups is 1. The fourth-order valence-corrected chi connectivity index (χ4v) is 3.97. The van der Waals surface area contributed by atoms with Gasteiger partial charge in [0.05, 0.1) is 5.69 Å². The van der Waals surface area contributed by atoms with Crippen molar-refractivity contribution in [2.24, 2.45) is 0 Å². The highest BCUT2D eigenvalue weighted by molar-refractivity contribution is 5.98. The van der Waals surface area contributed by atoms with E-state index in [1.165, 1.54) is 31.2 Å². The van der Waals surface area contributed by atoms with Crippen molar-refractivity contribution >= 4 is 5.91 Å². The summed E-state index contributed by atoms with van der Waals surface area (Å²) in [5, 5.41) is 11.9. The Hall–Kier alpha value is -3.02. The molecule has 1 amide bonds. The molecule has 1 fully saturated rings. The van der Waals surface area contributed by atoms with E-state index in [0.29, 0.717) is 11.4 Å². The summed E-state index contributed by atoms with van der Waals surface area (Å²) >= 11 is 0. The van der Waals surface area contributed by atoms with Crippen LogP contribution in [-0.4, -0.2) is 31.9 Å². The highest BCUT2D eigenvalue weighted by Gasteiger charge is 2.24. The molecule has 1 aromatic carbocycles. The molecule has 0 unspecified atom stereocenters. The van der Waals surface area contributed by atoms with Crippen molar-refractivity contribution < 1.29 is 4.79 Å². The SMILES string of the molecule is CCc1cccc(-n2nnc(C(=O)NC3CCCCCC3)c2-c2ccncc2)c1. The number of nitrogens with one attached hydrogen (secondary N) is 1. The predicted molar refractivity (Wildman–Crippen MR) is 113 cm³/mol. The van der Waals surface area contributed by atoms with E-state index in [1.807, 2.05) is 24.3 Å². The number of hydrogen-bond acceptors (Lipinski definition) is 4. The lowest BCUT2D eigenvalue weighted by Crippen LogP contribution is -2.35. The van der Waals surface area contributed by atoms with Crippen LogP contribution < -0.4 is 5.32 Å². The number of pyridine rings is 1. The Kier molecular flexibility index (Phi) is 5.98. The van der Waals surface area contributed by atoms with Crippen molar-refractivity contribution in [3.8, 4) is 16.9 Å². The van der Waals surface area contributed by atoms with Gasteiger partial charge in [0.1, 0.15) is 5.69 Å². The predicted octanol–water partition coefficient (Wildman–Crippen LogP) is 4.34. The number of hydrogen-bond donors (Lipinski definition) is 1. The summed E-state index contributed by atoms with van der Waals surface area (Å²) in [4.78, 5) is 17.3. The molecule has 29 heavy (non-hydrogen) atoms. The molecule has 1 saturated carbocycles. The lowest BCUT2D eigenvalue weighted by Gasteiger charge is -2.16. The van der Waals surface area contributed by atoms with Gasteiger partial charge in [-0.15, -0.1) is 5.10 Å². The summed E-state index contributed by atoms with van der Waals surface area (Å²) in [5.74, 6) is -0.151. The van der Waals surface area contributed by atoms with Crippen LogP contribution in [0.3, 0.4) is 0 Å². The third-order valence-corrected chi connectivity index (χ3v) is 5.59. The average Bonchev–Trinajstić information content (AvgIpc) is 3.06. The highest BCUT2D eigenvalue weighted by atomic mass is 16.2. The molecule has 0 atom stereocenters. The largest absolute Gasteiger partial charge is 0.348 e. The summed E-state index contributed by atoms with van der Waals surface area (Å²) in [5.41, 5.74) is 4.05. The maximum absolute atomic E-state index is 13.1. The van der Waals surface area contributed by atoms with Crippen LogP contribution in [0.5, 0.6) is 0 Å². The Morgan fingerprint density at radius 1 is 1.10 bits per heavy atom. The number of rotatable bonds is 5. The van der Waals surface area contributed by atoms with Crippen LogP contribution in [-0.2, 0) is 6.42 Å². The van der Waals surface area contributed by atoms with Crippen LogP contribution in [0.15, 0.2) is 48.8 Å². The fraction of sp³-hybridized carbons (Fsp3) is 0.391. The summed E-state index contributed by atoms with van der Waals surface area (Å²) in [6.45, 7) is 2.12. The second-order valence-electron chi connectivity index (χ2n) is 7.62. The van der Waals surface area contributed by atoms with E-state index < -0.39 is 0 Å². The highest BCUT2D eigenvalue weighted by Crippen LogP contribution is 2.26. The number of aryl methyl sites for hydroxylation is 1. The van der Waals surface area contributed by atoms with Crippen LogP contribution in [0.25, 0.3) is 16.9 Å². The summed E-state index contributed by atoms with van der Waals surface area (Å²) < 4.78 is 1.76. The van der Waals surface area contributed by atoms with E-state index in [2.05, 4.69) is 39.7 Å². The zero-order valence-corrected chi connectivity index (χ0v) is 16.8. The third-order valence-electron chi connectivity index (χ3n) is 5.59. The first-order valence-electron chi connectivity index (χ1n) is 10.5. The van der Waals surface area contributed by atoms with E-state index in [4.69, 9.17) is 0 Å². The number of carbonyl (C=O) groups excluding carboxylic acids is 1. The Morgan fingerprint density at radius 2 is 1.86 bits per heavy atom. The molecule has 150 valence electrons. The molecule has 6 nitrogen and oxygen atoms in total. The Morgan fingerprint density at radius 3 is 2.59 bits per heavy atom. The molecule has 2 aromatic heterocycles. The quantitative estimate of drug-likeness (QED) is 0.659. The average molecular weight is 390 g/mol. The minimum atomic E-state index is -0.151. The molecular formula is C23H27N5O. The summed E-state index contributed by atoms with van der Waals surface area (Å²) in [7, 11) is 0.